The average Bonchev–Trinajstić information content (AvgIpc) is 2.50. The van der Waals surface area contributed by atoms with Gasteiger partial charge in [-0.2, -0.15) is 0 Å². The molecule has 0 spiro atoms. The van der Waals surface area contributed by atoms with E-state index in [1.165, 1.54) is 0 Å². The predicted octanol–water partition coefficient (Wildman–Crippen LogP) is 3.60. The van der Waals surface area contributed by atoms with E-state index in [2.05, 4.69) is 12.2 Å². The van der Waals surface area contributed by atoms with Crippen molar-refractivity contribution < 1.29 is 14.2 Å². The highest BCUT2D eigenvalue weighted by atomic mass is 35.5. The van der Waals surface area contributed by atoms with Crippen molar-refractivity contribution in [2.75, 3.05) is 51.5 Å². The third kappa shape index (κ3) is 9.69. The predicted molar refractivity (Wildman–Crippen MR) is 87.3 cm³/mol. The lowest BCUT2D eigenvalue weighted by Crippen LogP contribution is -2.14. The van der Waals surface area contributed by atoms with Gasteiger partial charge in [-0.15, -0.1) is 0 Å². The molecule has 120 valence electrons. The van der Waals surface area contributed by atoms with E-state index in [0.717, 1.165) is 36.7 Å². The molecule has 0 amide bonds. The molecular weight excluding hydrogens is 290 g/mol. The molecule has 0 aromatic heterocycles. The lowest BCUT2D eigenvalue weighted by molar-refractivity contribution is 0.0159. The first-order valence-electron chi connectivity index (χ1n) is 7.56. The summed E-state index contributed by atoms with van der Waals surface area (Å²) >= 11 is 6.03. The Kier molecular flexibility index (Phi) is 11.2. The summed E-state index contributed by atoms with van der Waals surface area (Å²) in [4.78, 5) is 0. The number of hydrogen-bond donors (Lipinski definition) is 1. The molecule has 1 N–H and O–H groups in total. The fourth-order valence-corrected chi connectivity index (χ4v) is 1.85. The maximum atomic E-state index is 6.03. The Morgan fingerprint density at radius 2 is 1.52 bits per heavy atom. The number of benzene rings is 1. The molecule has 0 bridgehead atoms. The minimum atomic E-state index is 0.596. The number of halogens is 1. The highest BCUT2D eigenvalue weighted by Crippen LogP contribution is 2.19. The first kappa shape index (κ1) is 18.2. The second kappa shape index (κ2) is 12.9. The topological polar surface area (TPSA) is 39.7 Å². The molecule has 0 radical (unpaired) electrons. The number of para-hydroxylation sites is 1. The lowest BCUT2D eigenvalue weighted by Gasteiger charge is -2.09. The van der Waals surface area contributed by atoms with Gasteiger partial charge in [0.05, 0.1) is 43.7 Å². The quantitative estimate of drug-likeness (QED) is 0.565. The van der Waals surface area contributed by atoms with E-state index in [1.54, 1.807) is 0 Å². The molecule has 1 rings (SSSR count). The van der Waals surface area contributed by atoms with Gasteiger partial charge in [-0.1, -0.05) is 37.1 Å². The molecule has 0 heterocycles. The van der Waals surface area contributed by atoms with Gasteiger partial charge in [-0.3, -0.25) is 0 Å². The molecule has 1 aromatic carbocycles. The van der Waals surface area contributed by atoms with E-state index >= 15 is 0 Å². The van der Waals surface area contributed by atoms with E-state index in [-0.39, 0.29) is 0 Å². The summed E-state index contributed by atoms with van der Waals surface area (Å²) in [6.45, 7) is 6.81. The lowest BCUT2D eigenvalue weighted by atomic mass is 10.3. The Labute approximate surface area is 132 Å². The highest BCUT2D eigenvalue weighted by molar-refractivity contribution is 6.33. The van der Waals surface area contributed by atoms with Crippen molar-refractivity contribution >= 4 is 17.3 Å². The van der Waals surface area contributed by atoms with Gasteiger partial charge in [0.2, 0.25) is 0 Å². The first-order chi connectivity index (χ1) is 10.3. The molecular formula is C16H26ClNO3. The maximum Gasteiger partial charge on any atom is 0.0701 e. The molecule has 4 nitrogen and oxygen atoms in total. The van der Waals surface area contributed by atoms with Crippen LogP contribution in [0.1, 0.15) is 19.8 Å². The summed E-state index contributed by atoms with van der Waals surface area (Å²) in [6.07, 6.45) is 2.28. The molecule has 21 heavy (non-hydrogen) atoms. The number of hydrogen-bond acceptors (Lipinski definition) is 4. The Morgan fingerprint density at radius 1 is 0.905 bits per heavy atom. The average molecular weight is 316 g/mol. The van der Waals surface area contributed by atoms with Crippen molar-refractivity contribution in [2.45, 2.75) is 19.8 Å². The second-order valence-electron chi connectivity index (χ2n) is 4.60. The summed E-state index contributed by atoms with van der Waals surface area (Å²) in [7, 11) is 0. The summed E-state index contributed by atoms with van der Waals surface area (Å²) in [5.74, 6) is 0. The molecule has 0 fully saturated rings. The zero-order valence-corrected chi connectivity index (χ0v) is 13.5. The van der Waals surface area contributed by atoms with E-state index in [9.17, 15) is 0 Å². The fraction of sp³-hybridized carbons (Fsp3) is 0.625. The minimum absolute atomic E-state index is 0.596. The summed E-state index contributed by atoms with van der Waals surface area (Å²) in [5, 5.41) is 3.95. The first-order valence-corrected chi connectivity index (χ1v) is 7.94. The van der Waals surface area contributed by atoms with Crippen molar-refractivity contribution in [2.24, 2.45) is 0 Å². The van der Waals surface area contributed by atoms with Gasteiger partial charge >= 0.3 is 0 Å². The minimum Gasteiger partial charge on any atom is -0.382 e. The molecule has 0 saturated carbocycles. The second-order valence-corrected chi connectivity index (χ2v) is 5.00. The van der Waals surface area contributed by atoms with Crippen LogP contribution in [0.15, 0.2) is 24.3 Å². The summed E-state index contributed by atoms with van der Waals surface area (Å²) in [5.41, 5.74) is 0.934. The Hall–Kier alpha value is -0.810. The van der Waals surface area contributed by atoms with Crippen molar-refractivity contribution in [1.29, 1.82) is 0 Å². The molecule has 0 unspecified atom stereocenters. The highest BCUT2D eigenvalue weighted by Gasteiger charge is 1.97. The molecule has 0 saturated heterocycles. The standard InChI is InChI=1S/C16H26ClNO3/c1-2-3-9-19-11-13-21-14-12-20-10-8-18-16-7-5-4-6-15(16)17/h4-7,18H,2-3,8-14H2,1H3. The number of rotatable bonds is 13. The largest absolute Gasteiger partial charge is 0.382 e. The Bertz CT molecular complexity index is 363. The van der Waals surface area contributed by atoms with Crippen LogP contribution in [-0.2, 0) is 14.2 Å². The third-order valence-corrected chi connectivity index (χ3v) is 3.15. The van der Waals surface area contributed by atoms with Crippen molar-refractivity contribution in [1.82, 2.24) is 0 Å². The smallest absolute Gasteiger partial charge is 0.0701 e. The van der Waals surface area contributed by atoms with Gasteiger partial charge in [0.25, 0.3) is 0 Å². The molecule has 0 atom stereocenters. The van der Waals surface area contributed by atoms with E-state index in [1.807, 2.05) is 24.3 Å². The van der Waals surface area contributed by atoms with Gasteiger partial charge in [-0.05, 0) is 18.6 Å². The summed E-state index contributed by atoms with van der Waals surface area (Å²) in [6, 6.07) is 7.67. The maximum absolute atomic E-state index is 6.03. The van der Waals surface area contributed by atoms with Crippen LogP contribution in [0.2, 0.25) is 5.02 Å². The van der Waals surface area contributed by atoms with Crippen LogP contribution in [0.3, 0.4) is 0 Å². The summed E-state index contributed by atoms with van der Waals surface area (Å²) < 4.78 is 16.3. The normalized spacial score (nSPS) is 10.8. The molecule has 0 aliphatic carbocycles. The van der Waals surface area contributed by atoms with E-state index in [0.29, 0.717) is 33.0 Å². The number of ether oxygens (including phenoxy) is 3. The van der Waals surface area contributed by atoms with E-state index < -0.39 is 0 Å². The van der Waals surface area contributed by atoms with Crippen LogP contribution in [-0.4, -0.2) is 46.2 Å². The van der Waals surface area contributed by atoms with Crippen LogP contribution >= 0.6 is 11.6 Å². The van der Waals surface area contributed by atoms with E-state index in [4.69, 9.17) is 25.8 Å². The molecule has 5 heteroatoms. The monoisotopic (exact) mass is 315 g/mol. The van der Waals surface area contributed by atoms with Gasteiger partial charge < -0.3 is 19.5 Å². The van der Waals surface area contributed by atoms with Crippen LogP contribution in [0.25, 0.3) is 0 Å². The van der Waals surface area contributed by atoms with Crippen molar-refractivity contribution in [3.63, 3.8) is 0 Å². The zero-order valence-electron chi connectivity index (χ0n) is 12.8. The number of anilines is 1. The molecule has 0 aliphatic rings. The third-order valence-electron chi connectivity index (χ3n) is 2.82. The molecule has 0 aliphatic heterocycles. The van der Waals surface area contributed by atoms with Crippen LogP contribution in [0.5, 0.6) is 0 Å². The van der Waals surface area contributed by atoms with Gasteiger partial charge in [0.15, 0.2) is 0 Å². The van der Waals surface area contributed by atoms with Crippen LogP contribution < -0.4 is 5.32 Å². The SMILES string of the molecule is CCCCOCCOCCOCCNc1ccccc1Cl. The van der Waals surface area contributed by atoms with Gasteiger partial charge in [0, 0.05) is 13.2 Å². The molecule has 1 aromatic rings. The number of nitrogens with one attached hydrogen (secondary N) is 1. The van der Waals surface area contributed by atoms with Crippen molar-refractivity contribution in [3.8, 4) is 0 Å². The van der Waals surface area contributed by atoms with Gasteiger partial charge in [0.1, 0.15) is 0 Å². The van der Waals surface area contributed by atoms with Crippen LogP contribution in [0, 0.1) is 0 Å². The van der Waals surface area contributed by atoms with Crippen LogP contribution in [0.4, 0.5) is 5.69 Å². The number of unbranched alkanes of at least 4 members (excludes halogenated alkanes) is 1. The Balaban J connectivity index is 1.84. The zero-order chi connectivity index (χ0) is 15.2. The Morgan fingerprint density at radius 3 is 2.19 bits per heavy atom. The van der Waals surface area contributed by atoms with Crippen molar-refractivity contribution in [3.05, 3.63) is 29.3 Å². The van der Waals surface area contributed by atoms with Gasteiger partial charge in [-0.25, -0.2) is 0 Å². The fourth-order valence-electron chi connectivity index (χ4n) is 1.65.